The number of hydrogen-bond donors (Lipinski definition) is 3. The molecule has 0 unspecified atom stereocenters. The first kappa shape index (κ1) is 13.7. The van der Waals surface area contributed by atoms with E-state index in [-0.39, 0.29) is 18.9 Å². The van der Waals surface area contributed by atoms with Gasteiger partial charge in [-0.1, -0.05) is 12.1 Å². The second-order valence-corrected chi connectivity index (χ2v) is 6.50. The molecule has 7 nitrogen and oxygen atoms in total. The number of amides is 3. The van der Waals surface area contributed by atoms with E-state index < -0.39 is 22.8 Å². The van der Waals surface area contributed by atoms with Crippen LogP contribution in [0.3, 0.4) is 0 Å². The van der Waals surface area contributed by atoms with Crippen LogP contribution in [0, 0.1) is 0 Å². The molecule has 1 aromatic carbocycles. The molecule has 3 amide bonds. The van der Waals surface area contributed by atoms with Gasteiger partial charge in [0.1, 0.15) is 10.8 Å². The average Bonchev–Trinajstić information content (AvgIpc) is 2.81. The zero-order valence-electron chi connectivity index (χ0n) is 10.9. The minimum absolute atomic E-state index is 0.0548. The van der Waals surface area contributed by atoms with E-state index in [4.69, 9.17) is 5.73 Å². The molecule has 2 atom stereocenters. The molecule has 1 fully saturated rings. The lowest BCUT2D eigenvalue weighted by Gasteiger charge is -2.32. The molecule has 0 bridgehead atoms. The molecule has 1 spiro atoms. The van der Waals surface area contributed by atoms with Crippen molar-refractivity contribution in [2.24, 2.45) is 5.73 Å². The summed E-state index contributed by atoms with van der Waals surface area (Å²) in [5.74, 6) is -1.03. The van der Waals surface area contributed by atoms with E-state index in [0.29, 0.717) is 5.69 Å². The van der Waals surface area contributed by atoms with Gasteiger partial charge in [0.2, 0.25) is 11.8 Å². The molecular formula is C13H13N3O4S. The summed E-state index contributed by atoms with van der Waals surface area (Å²) in [7, 11) is 0. The molecule has 2 aliphatic rings. The highest BCUT2D eigenvalue weighted by Gasteiger charge is 2.55. The van der Waals surface area contributed by atoms with E-state index in [1.165, 1.54) is 11.8 Å². The minimum atomic E-state index is -1.25. The molecule has 1 aromatic rings. The maximum atomic E-state index is 12.4. The molecular weight excluding hydrogens is 294 g/mol. The number of para-hydroxylation sites is 1. The number of nitrogens with one attached hydrogen (secondary N) is 1. The van der Waals surface area contributed by atoms with Gasteiger partial charge in [-0.25, -0.2) is 4.79 Å². The third-order valence-electron chi connectivity index (χ3n) is 3.75. The zero-order valence-corrected chi connectivity index (χ0v) is 11.7. The molecule has 4 N–H and O–H groups in total. The Kier molecular flexibility index (Phi) is 3.05. The number of carbonyl (C=O) groups excluding carboxylic acids is 2. The number of benzene rings is 1. The highest BCUT2D eigenvalue weighted by molar-refractivity contribution is 8.01. The Labute approximate surface area is 124 Å². The smallest absolute Gasteiger partial charge is 0.408 e. The lowest BCUT2D eigenvalue weighted by molar-refractivity contribution is -0.121. The molecule has 0 saturated carbocycles. The van der Waals surface area contributed by atoms with Crippen LogP contribution >= 0.6 is 11.8 Å². The number of likely N-dealkylation sites (tertiary alicyclic amines) is 1. The van der Waals surface area contributed by atoms with Crippen LogP contribution in [0.25, 0.3) is 0 Å². The van der Waals surface area contributed by atoms with E-state index in [2.05, 4.69) is 5.32 Å². The number of carboxylic acid groups (broad SMARTS) is 1. The molecule has 0 aliphatic carbocycles. The van der Waals surface area contributed by atoms with Gasteiger partial charge in [0.05, 0.1) is 5.69 Å². The summed E-state index contributed by atoms with van der Waals surface area (Å²) in [5, 5.41) is 12.0. The van der Waals surface area contributed by atoms with Gasteiger partial charge in [0.25, 0.3) is 0 Å². The van der Waals surface area contributed by atoms with Crippen molar-refractivity contribution in [3.8, 4) is 0 Å². The molecule has 0 aromatic heterocycles. The fourth-order valence-corrected chi connectivity index (χ4v) is 4.10. The number of fused-ring (bicyclic) bond motifs is 1. The predicted molar refractivity (Wildman–Crippen MR) is 76.0 cm³/mol. The largest absolute Gasteiger partial charge is 0.465 e. The van der Waals surface area contributed by atoms with Gasteiger partial charge >= 0.3 is 6.09 Å². The molecule has 1 saturated heterocycles. The Morgan fingerprint density at radius 3 is 2.76 bits per heavy atom. The van der Waals surface area contributed by atoms with Gasteiger partial charge < -0.3 is 16.2 Å². The van der Waals surface area contributed by atoms with Crippen molar-refractivity contribution in [1.82, 2.24) is 4.90 Å². The van der Waals surface area contributed by atoms with Gasteiger partial charge in [-0.15, -0.1) is 11.8 Å². The molecule has 8 heteroatoms. The Balaban J connectivity index is 1.97. The number of nitrogens with two attached hydrogens (primary N) is 1. The first-order chi connectivity index (χ1) is 9.93. The molecule has 0 radical (unpaired) electrons. The summed E-state index contributed by atoms with van der Waals surface area (Å²) in [6, 6.07) is 6.30. The Morgan fingerprint density at radius 1 is 1.43 bits per heavy atom. The normalized spacial score (nSPS) is 27.3. The summed E-state index contributed by atoms with van der Waals surface area (Å²) in [5.41, 5.74) is 5.97. The number of anilines is 1. The average molecular weight is 307 g/mol. The maximum Gasteiger partial charge on any atom is 0.408 e. The van der Waals surface area contributed by atoms with Gasteiger partial charge in [-0.2, -0.15) is 0 Å². The van der Waals surface area contributed by atoms with E-state index in [0.717, 1.165) is 9.80 Å². The van der Waals surface area contributed by atoms with E-state index in [1.54, 1.807) is 6.07 Å². The van der Waals surface area contributed by atoms with Crippen molar-refractivity contribution in [3.63, 3.8) is 0 Å². The summed E-state index contributed by atoms with van der Waals surface area (Å²) in [6.45, 7) is -0.0548. The molecule has 2 aliphatic heterocycles. The first-order valence-corrected chi connectivity index (χ1v) is 7.13. The monoisotopic (exact) mass is 307 g/mol. The fraction of sp³-hybridized carbons (Fsp3) is 0.308. The Bertz CT molecular complexity index is 626. The van der Waals surface area contributed by atoms with E-state index in [1.807, 2.05) is 18.2 Å². The lowest BCUT2D eigenvalue weighted by Crippen LogP contribution is -2.45. The summed E-state index contributed by atoms with van der Waals surface area (Å²) >= 11 is 1.29. The molecule has 110 valence electrons. The predicted octanol–water partition coefficient (Wildman–Crippen LogP) is 0.707. The topological polar surface area (TPSA) is 113 Å². The van der Waals surface area contributed by atoms with Crippen LogP contribution in [0.1, 0.15) is 6.42 Å². The molecule has 3 rings (SSSR count). The number of carbonyl (C=O) groups is 3. The van der Waals surface area contributed by atoms with Gasteiger partial charge in [-0.05, 0) is 12.1 Å². The second kappa shape index (κ2) is 4.66. The van der Waals surface area contributed by atoms with Crippen LogP contribution < -0.4 is 11.1 Å². The number of primary amides is 1. The van der Waals surface area contributed by atoms with Gasteiger partial charge in [0.15, 0.2) is 0 Å². The van der Waals surface area contributed by atoms with Crippen molar-refractivity contribution in [2.45, 2.75) is 22.1 Å². The highest BCUT2D eigenvalue weighted by atomic mass is 32.2. The summed E-state index contributed by atoms with van der Waals surface area (Å²) in [6.07, 6.45) is -1.16. The Morgan fingerprint density at radius 2 is 2.14 bits per heavy atom. The maximum absolute atomic E-state index is 12.4. The van der Waals surface area contributed by atoms with Crippen molar-refractivity contribution in [3.05, 3.63) is 24.3 Å². The lowest BCUT2D eigenvalue weighted by atomic mass is 10.0. The molecule has 2 heterocycles. The van der Waals surface area contributed by atoms with Gasteiger partial charge in [-0.3, -0.25) is 14.5 Å². The van der Waals surface area contributed by atoms with Crippen molar-refractivity contribution < 1.29 is 19.5 Å². The second-order valence-electron chi connectivity index (χ2n) is 5.08. The van der Waals surface area contributed by atoms with Crippen LogP contribution in [-0.2, 0) is 9.59 Å². The van der Waals surface area contributed by atoms with Crippen LogP contribution in [0.5, 0.6) is 0 Å². The van der Waals surface area contributed by atoms with Crippen LogP contribution in [-0.4, -0.2) is 45.2 Å². The van der Waals surface area contributed by atoms with Crippen molar-refractivity contribution in [2.75, 3.05) is 11.9 Å². The third-order valence-corrected chi connectivity index (χ3v) is 5.20. The molecule has 21 heavy (non-hydrogen) atoms. The zero-order chi connectivity index (χ0) is 15.2. The summed E-state index contributed by atoms with van der Waals surface area (Å²) in [4.78, 5) is 37.0. The van der Waals surface area contributed by atoms with Crippen LogP contribution in [0.15, 0.2) is 29.2 Å². The van der Waals surface area contributed by atoms with Gasteiger partial charge in [0, 0.05) is 17.9 Å². The van der Waals surface area contributed by atoms with E-state index in [9.17, 15) is 19.5 Å². The SMILES string of the molecule is NC(=O)[C@@H]1C[C@]2(CN1C(=O)O)Sc1ccccc1NC2=O. The quantitative estimate of drug-likeness (QED) is 0.707. The number of rotatable bonds is 1. The fourth-order valence-electron chi connectivity index (χ4n) is 2.72. The first-order valence-electron chi connectivity index (χ1n) is 6.31. The number of thioether (sulfide) groups is 1. The number of hydrogen-bond acceptors (Lipinski definition) is 4. The summed E-state index contributed by atoms with van der Waals surface area (Å²) < 4.78 is -1.01. The van der Waals surface area contributed by atoms with Crippen molar-refractivity contribution >= 4 is 35.4 Å². The Hall–Kier alpha value is -2.22. The third kappa shape index (κ3) is 2.11. The van der Waals surface area contributed by atoms with Crippen LogP contribution in [0.4, 0.5) is 10.5 Å². The standard InChI is InChI=1S/C13H13N3O4S/c14-10(17)8-5-13(6-16(8)12(19)20)11(18)15-7-3-1-2-4-9(7)21-13/h1-4,8H,5-6H2,(H2,14,17)(H,15,18)(H,19,20)/t8-,13+/m0/s1. The number of nitrogens with zero attached hydrogens (tertiary/aromatic N) is 1. The van der Waals surface area contributed by atoms with E-state index >= 15 is 0 Å². The highest BCUT2D eigenvalue weighted by Crippen LogP contribution is 2.48. The van der Waals surface area contributed by atoms with Crippen molar-refractivity contribution in [1.29, 1.82) is 0 Å². The minimum Gasteiger partial charge on any atom is -0.465 e. The van der Waals surface area contributed by atoms with Crippen LogP contribution in [0.2, 0.25) is 0 Å².